The van der Waals surface area contributed by atoms with Gasteiger partial charge >= 0.3 is 0 Å². The molecule has 2 N–H and O–H groups in total. The van der Waals surface area contributed by atoms with Crippen molar-refractivity contribution >= 4 is 0 Å². The quantitative estimate of drug-likeness (QED) is 0.809. The van der Waals surface area contributed by atoms with Crippen molar-refractivity contribution in [3.63, 3.8) is 0 Å². The van der Waals surface area contributed by atoms with Crippen molar-refractivity contribution in [1.29, 1.82) is 0 Å². The first-order valence-corrected chi connectivity index (χ1v) is 7.21. The molecule has 2 aromatic carbocycles. The number of hydrogen-bond acceptors (Lipinski definition) is 3. The molecule has 0 aliphatic carbocycles. The van der Waals surface area contributed by atoms with Crippen LogP contribution in [-0.2, 0) is 7.05 Å². The lowest BCUT2D eigenvalue weighted by Crippen LogP contribution is -2.29. The van der Waals surface area contributed by atoms with Gasteiger partial charge in [-0.2, -0.15) is 5.10 Å². The van der Waals surface area contributed by atoms with E-state index in [1.807, 2.05) is 30.3 Å². The summed E-state index contributed by atoms with van der Waals surface area (Å²) in [6.07, 6.45) is 0. The minimum absolute atomic E-state index is 0.243. The number of hydrogen-bond donors (Lipinski definition) is 1. The van der Waals surface area contributed by atoms with E-state index in [2.05, 4.69) is 5.10 Å². The molecule has 0 aliphatic heterocycles. The molecule has 0 bridgehead atoms. The fraction of sp³-hybridized carbons (Fsp3) is 0.111. The Hall–Kier alpha value is -2.79. The average molecular weight is 309 g/mol. The molecule has 3 aromatic rings. The summed E-state index contributed by atoms with van der Waals surface area (Å²) in [6, 6.07) is 16.5. The van der Waals surface area contributed by atoms with E-state index in [1.54, 1.807) is 25.2 Å². The molecule has 4 nitrogen and oxygen atoms in total. The van der Waals surface area contributed by atoms with Crippen LogP contribution in [0.15, 0.2) is 65.5 Å². The number of aromatic nitrogens is 2. The number of rotatable bonds is 3. The van der Waals surface area contributed by atoms with Gasteiger partial charge in [-0.05, 0) is 35.9 Å². The molecule has 0 saturated carbocycles. The van der Waals surface area contributed by atoms with E-state index in [0.29, 0.717) is 11.3 Å². The lowest BCUT2D eigenvalue weighted by Gasteiger charge is -2.14. The molecular weight excluding hydrogens is 293 g/mol. The highest BCUT2D eigenvalue weighted by molar-refractivity contribution is 5.59. The van der Waals surface area contributed by atoms with Crippen LogP contribution in [0.1, 0.15) is 17.2 Å². The Bertz CT molecular complexity index is 873. The Labute approximate surface area is 133 Å². The molecule has 0 saturated heterocycles. The van der Waals surface area contributed by atoms with Gasteiger partial charge in [-0.15, -0.1) is 0 Å². The summed E-state index contributed by atoms with van der Waals surface area (Å²) < 4.78 is 14.3. The highest BCUT2D eigenvalue weighted by atomic mass is 19.1. The molecule has 1 atom stereocenters. The van der Waals surface area contributed by atoms with Crippen LogP contribution >= 0.6 is 0 Å². The zero-order valence-electron chi connectivity index (χ0n) is 12.6. The van der Waals surface area contributed by atoms with Crippen LogP contribution in [0.5, 0.6) is 0 Å². The van der Waals surface area contributed by atoms with Gasteiger partial charge in [-0.3, -0.25) is 4.79 Å². The summed E-state index contributed by atoms with van der Waals surface area (Å²) in [6.45, 7) is 0. The largest absolute Gasteiger partial charge is 0.320 e. The molecule has 5 heteroatoms. The third-order valence-electron chi connectivity index (χ3n) is 3.72. The van der Waals surface area contributed by atoms with E-state index >= 15 is 0 Å². The van der Waals surface area contributed by atoms with Crippen molar-refractivity contribution in [1.82, 2.24) is 9.78 Å². The molecule has 1 unspecified atom stereocenters. The number of halogens is 1. The molecular formula is C18H16FN3O. The summed E-state index contributed by atoms with van der Waals surface area (Å²) in [5.41, 5.74) is 8.62. The predicted molar refractivity (Wildman–Crippen MR) is 87.3 cm³/mol. The van der Waals surface area contributed by atoms with E-state index in [4.69, 9.17) is 5.73 Å². The van der Waals surface area contributed by atoms with Gasteiger partial charge in [0.15, 0.2) is 0 Å². The van der Waals surface area contributed by atoms with E-state index in [1.165, 1.54) is 16.8 Å². The highest BCUT2D eigenvalue weighted by Crippen LogP contribution is 2.21. The van der Waals surface area contributed by atoms with Crippen LogP contribution in [0, 0.1) is 5.82 Å². The van der Waals surface area contributed by atoms with Crippen LogP contribution in [-0.4, -0.2) is 9.78 Å². The van der Waals surface area contributed by atoms with Gasteiger partial charge in [0.2, 0.25) is 0 Å². The van der Waals surface area contributed by atoms with Gasteiger partial charge in [0.1, 0.15) is 5.82 Å². The number of nitrogens with zero attached hydrogens (tertiary/aromatic N) is 2. The first-order chi connectivity index (χ1) is 11.1. The van der Waals surface area contributed by atoms with Gasteiger partial charge in [0.25, 0.3) is 5.56 Å². The molecule has 0 aliphatic rings. The second-order valence-electron chi connectivity index (χ2n) is 5.31. The Morgan fingerprint density at radius 1 is 1.09 bits per heavy atom. The molecule has 0 amide bonds. The van der Waals surface area contributed by atoms with Crippen molar-refractivity contribution in [2.45, 2.75) is 6.04 Å². The van der Waals surface area contributed by atoms with Crippen LogP contribution < -0.4 is 11.3 Å². The smallest absolute Gasteiger partial charge is 0.271 e. The fourth-order valence-corrected chi connectivity index (χ4v) is 2.46. The maximum absolute atomic E-state index is 13.1. The van der Waals surface area contributed by atoms with Gasteiger partial charge in [-0.25, -0.2) is 9.07 Å². The molecule has 1 aromatic heterocycles. The Kier molecular flexibility index (Phi) is 4.04. The minimum atomic E-state index is -0.544. The molecule has 23 heavy (non-hydrogen) atoms. The van der Waals surface area contributed by atoms with Crippen molar-refractivity contribution < 1.29 is 4.39 Å². The molecule has 1 heterocycles. The third kappa shape index (κ3) is 3.05. The second kappa shape index (κ2) is 6.14. The van der Waals surface area contributed by atoms with Gasteiger partial charge < -0.3 is 5.73 Å². The molecule has 0 spiro atoms. The summed E-state index contributed by atoms with van der Waals surface area (Å²) in [5.74, 6) is -0.320. The Morgan fingerprint density at radius 3 is 2.39 bits per heavy atom. The first kappa shape index (κ1) is 15.1. The maximum atomic E-state index is 13.1. The topological polar surface area (TPSA) is 60.9 Å². The normalized spacial score (nSPS) is 12.1. The van der Waals surface area contributed by atoms with Gasteiger partial charge in [0.05, 0.1) is 11.7 Å². The van der Waals surface area contributed by atoms with Crippen molar-refractivity contribution in [3.8, 4) is 11.3 Å². The van der Waals surface area contributed by atoms with E-state index in [-0.39, 0.29) is 11.4 Å². The zero-order chi connectivity index (χ0) is 16.4. The summed E-state index contributed by atoms with van der Waals surface area (Å²) in [7, 11) is 1.58. The average Bonchev–Trinajstić information content (AvgIpc) is 2.58. The number of nitrogens with two attached hydrogens (primary N) is 1. The first-order valence-electron chi connectivity index (χ1n) is 7.21. The SMILES string of the molecule is Cn1nc(-c2ccc(F)cc2)cc(C(N)c2ccccc2)c1=O. The van der Waals surface area contributed by atoms with Gasteiger partial charge in [-0.1, -0.05) is 30.3 Å². The lowest BCUT2D eigenvalue weighted by atomic mass is 9.99. The molecule has 0 radical (unpaired) electrons. The summed E-state index contributed by atoms with van der Waals surface area (Å²) in [4.78, 5) is 12.4. The molecule has 3 rings (SSSR count). The van der Waals surface area contributed by atoms with Crippen LogP contribution in [0.25, 0.3) is 11.3 Å². The lowest BCUT2D eigenvalue weighted by molar-refractivity contribution is 0.628. The van der Waals surface area contributed by atoms with Crippen LogP contribution in [0.3, 0.4) is 0 Å². The highest BCUT2D eigenvalue weighted by Gasteiger charge is 2.16. The van der Waals surface area contributed by atoms with Crippen LogP contribution in [0.2, 0.25) is 0 Å². The third-order valence-corrected chi connectivity index (χ3v) is 3.72. The van der Waals surface area contributed by atoms with Gasteiger partial charge in [0, 0.05) is 18.2 Å². The fourth-order valence-electron chi connectivity index (χ4n) is 2.46. The van der Waals surface area contributed by atoms with Crippen molar-refractivity contribution in [3.05, 3.63) is 88.0 Å². The summed E-state index contributed by atoms with van der Waals surface area (Å²) >= 11 is 0. The zero-order valence-corrected chi connectivity index (χ0v) is 12.6. The monoisotopic (exact) mass is 309 g/mol. The van der Waals surface area contributed by atoms with Crippen molar-refractivity contribution in [2.75, 3.05) is 0 Å². The molecule has 116 valence electrons. The van der Waals surface area contributed by atoms with Crippen LogP contribution in [0.4, 0.5) is 4.39 Å². The minimum Gasteiger partial charge on any atom is -0.320 e. The number of aryl methyl sites for hydroxylation is 1. The Balaban J connectivity index is 2.10. The van der Waals surface area contributed by atoms with Crippen molar-refractivity contribution in [2.24, 2.45) is 12.8 Å². The maximum Gasteiger partial charge on any atom is 0.271 e. The Morgan fingerprint density at radius 2 is 1.74 bits per heavy atom. The summed E-state index contributed by atoms with van der Waals surface area (Å²) in [5, 5.41) is 4.24. The van der Waals surface area contributed by atoms with E-state index < -0.39 is 6.04 Å². The van der Waals surface area contributed by atoms with E-state index in [9.17, 15) is 9.18 Å². The van der Waals surface area contributed by atoms with E-state index in [0.717, 1.165) is 11.1 Å². The predicted octanol–water partition coefficient (Wildman–Crippen LogP) is 2.63. The number of benzene rings is 2. The molecule has 0 fully saturated rings. The standard InChI is InChI=1S/C18H16FN3O/c1-22-18(23)15(17(20)13-5-3-2-4-6-13)11-16(21-22)12-7-9-14(19)10-8-12/h2-11,17H,20H2,1H3. The second-order valence-corrected chi connectivity index (χ2v) is 5.31.